The molecule has 32 heavy (non-hydrogen) atoms. The summed E-state index contributed by atoms with van der Waals surface area (Å²) < 4.78 is 38.9. The van der Waals surface area contributed by atoms with Gasteiger partial charge in [-0.1, -0.05) is 30.3 Å². The lowest BCUT2D eigenvalue weighted by Gasteiger charge is -2.29. The van der Waals surface area contributed by atoms with E-state index in [1.54, 1.807) is 36.4 Å². The topological polar surface area (TPSA) is 90.7 Å². The molecule has 0 radical (unpaired) electrons. The molecule has 0 saturated carbocycles. The van der Waals surface area contributed by atoms with Gasteiger partial charge in [0.25, 0.3) is 0 Å². The molecular formula is C24H20F2N2O4. The van der Waals surface area contributed by atoms with Gasteiger partial charge in [-0.05, 0) is 48.4 Å². The van der Waals surface area contributed by atoms with Crippen LogP contribution in [0.2, 0.25) is 0 Å². The van der Waals surface area contributed by atoms with E-state index in [0.717, 1.165) is 6.07 Å². The highest BCUT2D eigenvalue weighted by Crippen LogP contribution is 2.49. The third-order valence-corrected chi connectivity index (χ3v) is 5.48. The fourth-order valence-electron chi connectivity index (χ4n) is 3.88. The zero-order valence-electron chi connectivity index (χ0n) is 17.3. The Balaban J connectivity index is 1.90. The molecule has 0 bridgehead atoms. The van der Waals surface area contributed by atoms with Crippen molar-refractivity contribution >= 4 is 17.6 Å². The number of carbonyl (C=O) groups is 2. The summed E-state index contributed by atoms with van der Waals surface area (Å²) in [5.41, 5.74) is 5.14. The summed E-state index contributed by atoms with van der Waals surface area (Å²) in [5, 5.41) is 2.50. The number of nitrogens with one attached hydrogen (secondary N) is 1. The van der Waals surface area contributed by atoms with Crippen molar-refractivity contribution in [3.05, 3.63) is 89.0 Å². The minimum absolute atomic E-state index is 0.210. The number of nitrogens with two attached hydrogens (primary N) is 1. The maximum Gasteiger partial charge on any atom is 0.328 e. The zero-order valence-corrected chi connectivity index (χ0v) is 17.3. The van der Waals surface area contributed by atoms with E-state index in [4.69, 9.17) is 15.2 Å². The van der Waals surface area contributed by atoms with E-state index >= 15 is 0 Å². The molecular weight excluding hydrogens is 418 g/mol. The molecule has 0 aliphatic carbocycles. The molecule has 4 rings (SSSR count). The van der Waals surface area contributed by atoms with Crippen LogP contribution < -0.4 is 20.5 Å². The van der Waals surface area contributed by atoms with E-state index in [1.807, 2.05) is 0 Å². The highest BCUT2D eigenvalue weighted by Gasteiger charge is 2.51. The second-order valence-corrected chi connectivity index (χ2v) is 7.45. The average molecular weight is 438 g/mol. The fraction of sp³-hybridized carbons (Fsp3) is 0.167. The highest BCUT2D eigenvalue weighted by atomic mass is 19.2. The van der Waals surface area contributed by atoms with Crippen LogP contribution in [-0.4, -0.2) is 25.0 Å². The van der Waals surface area contributed by atoms with Gasteiger partial charge in [-0.2, -0.15) is 0 Å². The van der Waals surface area contributed by atoms with Gasteiger partial charge in [0.2, 0.25) is 5.91 Å². The first-order valence-corrected chi connectivity index (χ1v) is 9.81. The molecule has 2 unspecified atom stereocenters. The number of halogens is 2. The van der Waals surface area contributed by atoms with Gasteiger partial charge in [0.15, 0.2) is 11.6 Å². The van der Waals surface area contributed by atoms with E-state index in [0.29, 0.717) is 16.9 Å². The molecule has 1 heterocycles. The first kappa shape index (κ1) is 21.5. The lowest BCUT2D eigenvalue weighted by atomic mass is 9.70. The third kappa shape index (κ3) is 3.29. The van der Waals surface area contributed by atoms with Crippen molar-refractivity contribution in [2.45, 2.75) is 18.4 Å². The van der Waals surface area contributed by atoms with Gasteiger partial charge in [-0.25, -0.2) is 13.6 Å². The van der Waals surface area contributed by atoms with Crippen molar-refractivity contribution < 1.29 is 27.8 Å². The minimum atomic E-state index is -1.46. The molecule has 0 saturated heterocycles. The number of benzene rings is 3. The number of anilines is 1. The van der Waals surface area contributed by atoms with E-state index in [2.05, 4.69) is 5.32 Å². The van der Waals surface area contributed by atoms with Crippen LogP contribution in [0.25, 0.3) is 0 Å². The molecule has 0 spiro atoms. The first-order valence-electron chi connectivity index (χ1n) is 9.81. The molecule has 6 nitrogen and oxygen atoms in total. The van der Waals surface area contributed by atoms with Gasteiger partial charge >= 0.3 is 5.97 Å². The molecule has 8 heteroatoms. The van der Waals surface area contributed by atoms with Gasteiger partial charge in [-0.15, -0.1) is 0 Å². The van der Waals surface area contributed by atoms with Crippen LogP contribution in [0, 0.1) is 11.6 Å². The van der Waals surface area contributed by atoms with Crippen LogP contribution in [0.15, 0.2) is 60.7 Å². The number of hydrogen-bond acceptors (Lipinski definition) is 5. The predicted octanol–water partition coefficient (Wildman–Crippen LogP) is 3.51. The molecule has 0 fully saturated rings. The van der Waals surface area contributed by atoms with Crippen LogP contribution in [0.4, 0.5) is 14.5 Å². The van der Waals surface area contributed by atoms with Crippen LogP contribution in [0.5, 0.6) is 11.5 Å². The Hall–Kier alpha value is -3.78. The van der Waals surface area contributed by atoms with E-state index in [-0.39, 0.29) is 17.0 Å². The minimum Gasteiger partial charge on any atom is -0.497 e. The third-order valence-electron chi connectivity index (χ3n) is 5.48. The number of rotatable bonds is 5. The summed E-state index contributed by atoms with van der Waals surface area (Å²) in [6.07, 6.45) is 0. The first-order chi connectivity index (χ1) is 15.3. The zero-order chi connectivity index (χ0) is 23.0. The van der Waals surface area contributed by atoms with Crippen LogP contribution in [0.3, 0.4) is 0 Å². The summed E-state index contributed by atoms with van der Waals surface area (Å²) in [7, 11) is 1.52. The van der Waals surface area contributed by atoms with Gasteiger partial charge in [-0.3, -0.25) is 4.79 Å². The number of ether oxygens (including phenoxy) is 2. The molecule has 1 amide bonds. The summed E-state index contributed by atoms with van der Waals surface area (Å²) in [5.74, 6) is -2.52. The van der Waals surface area contributed by atoms with Crippen molar-refractivity contribution in [3.63, 3.8) is 0 Å². The molecule has 3 N–H and O–H groups in total. The number of hydrogen-bond donors (Lipinski definition) is 2. The predicted molar refractivity (Wildman–Crippen MR) is 114 cm³/mol. The number of esters is 1. The molecule has 0 aromatic heterocycles. The van der Waals surface area contributed by atoms with Gasteiger partial charge in [0.05, 0.1) is 12.8 Å². The maximum atomic E-state index is 14.6. The number of carbonyl (C=O) groups excluding carboxylic acids is 2. The Kier molecular flexibility index (Phi) is 5.40. The lowest BCUT2D eigenvalue weighted by molar-refractivity contribution is -0.135. The average Bonchev–Trinajstić information content (AvgIpc) is 3.10. The van der Waals surface area contributed by atoms with Crippen LogP contribution >= 0.6 is 0 Å². The van der Waals surface area contributed by atoms with Crippen LogP contribution in [-0.2, 0) is 15.0 Å². The maximum absolute atomic E-state index is 14.6. The Morgan fingerprint density at radius 1 is 0.969 bits per heavy atom. The van der Waals surface area contributed by atoms with Gasteiger partial charge in [0, 0.05) is 5.56 Å². The molecule has 3 aromatic rings. The van der Waals surface area contributed by atoms with Crippen molar-refractivity contribution in [1.82, 2.24) is 0 Å². The molecule has 2 atom stereocenters. The summed E-state index contributed by atoms with van der Waals surface area (Å²) >= 11 is 0. The number of amides is 1. The Labute approximate surface area is 183 Å². The van der Waals surface area contributed by atoms with Crippen molar-refractivity contribution in [2.75, 3.05) is 12.4 Å². The second-order valence-electron chi connectivity index (χ2n) is 7.45. The monoisotopic (exact) mass is 438 g/mol. The number of methoxy groups -OCH3 is 1. The van der Waals surface area contributed by atoms with Gasteiger partial charge < -0.3 is 20.5 Å². The Morgan fingerprint density at radius 3 is 2.06 bits per heavy atom. The summed E-state index contributed by atoms with van der Waals surface area (Å²) in [6, 6.07) is 14.6. The quantitative estimate of drug-likeness (QED) is 0.470. The normalized spacial score (nSPS) is 18.0. The number of fused-ring (bicyclic) bond motifs is 1. The lowest BCUT2D eigenvalue weighted by Crippen LogP contribution is -2.37. The molecule has 164 valence electrons. The SMILES string of the molecule is COc1ccc(C2(c3ccc(OC(=O)C(C)N)cc3)C(=O)Nc3c2ccc(F)c3F)cc1. The Bertz CT molecular complexity index is 1190. The van der Waals surface area contributed by atoms with E-state index in [9.17, 15) is 18.4 Å². The highest BCUT2D eigenvalue weighted by molar-refractivity contribution is 6.11. The van der Waals surface area contributed by atoms with E-state index in [1.165, 1.54) is 32.2 Å². The van der Waals surface area contributed by atoms with Crippen molar-refractivity contribution in [1.29, 1.82) is 0 Å². The molecule has 3 aromatic carbocycles. The second kappa shape index (κ2) is 8.05. The van der Waals surface area contributed by atoms with E-state index < -0.39 is 35.0 Å². The fourth-order valence-corrected chi connectivity index (χ4v) is 3.88. The van der Waals surface area contributed by atoms with Crippen molar-refractivity contribution in [2.24, 2.45) is 5.73 Å². The van der Waals surface area contributed by atoms with Gasteiger partial charge in [0.1, 0.15) is 23.0 Å². The standard InChI is InChI=1S/C24H20F2N2O4/c1-13(27)22(29)32-17-9-5-15(6-10-17)24(14-3-7-16(31-2)8-4-14)18-11-12-19(25)20(26)21(18)28-23(24)30/h3-13H,27H2,1-2H3,(H,28,30). The smallest absolute Gasteiger partial charge is 0.328 e. The Morgan fingerprint density at radius 2 is 1.53 bits per heavy atom. The van der Waals surface area contributed by atoms with Crippen molar-refractivity contribution in [3.8, 4) is 11.5 Å². The molecule has 1 aliphatic rings. The van der Waals surface area contributed by atoms with Crippen LogP contribution in [0.1, 0.15) is 23.6 Å². The largest absolute Gasteiger partial charge is 0.497 e. The molecule has 1 aliphatic heterocycles. The summed E-state index contributed by atoms with van der Waals surface area (Å²) in [6.45, 7) is 1.50. The summed E-state index contributed by atoms with van der Waals surface area (Å²) in [4.78, 5) is 25.2.